The zero-order chi connectivity index (χ0) is 21.2. The van der Waals surface area contributed by atoms with E-state index < -0.39 is 0 Å². The number of aliphatic imine (C=N–C) groups is 1. The van der Waals surface area contributed by atoms with Gasteiger partial charge in [-0.1, -0.05) is 18.2 Å². The van der Waals surface area contributed by atoms with Crippen LogP contribution in [0.3, 0.4) is 0 Å². The zero-order valence-electron chi connectivity index (χ0n) is 18.2. The van der Waals surface area contributed by atoms with E-state index in [-0.39, 0.29) is 29.8 Å². The standard InChI is InChI=1S/C22H30FN3O3.HI/c1-6-24-22(26-14-16-8-7-15(2)18(23)13-16)25-12-11-17-9-10-19(27-3)21(29-5)20(17)28-4;/h7-10,13H,6,11-12,14H2,1-5H3,(H2,24,25,26);1H. The minimum absolute atomic E-state index is 0. The summed E-state index contributed by atoms with van der Waals surface area (Å²) < 4.78 is 30.0. The van der Waals surface area contributed by atoms with Gasteiger partial charge in [0.15, 0.2) is 17.5 Å². The second-order valence-electron chi connectivity index (χ2n) is 6.45. The molecule has 0 aromatic heterocycles. The first-order valence-electron chi connectivity index (χ1n) is 9.59. The Morgan fingerprint density at radius 3 is 2.33 bits per heavy atom. The Balaban J connectivity index is 0.00000450. The molecule has 0 amide bonds. The molecule has 2 aromatic carbocycles. The molecule has 0 unspecified atom stereocenters. The van der Waals surface area contributed by atoms with Crippen LogP contribution in [0, 0.1) is 12.7 Å². The first kappa shape index (κ1) is 25.8. The predicted molar refractivity (Wildman–Crippen MR) is 129 cm³/mol. The van der Waals surface area contributed by atoms with Gasteiger partial charge < -0.3 is 24.8 Å². The monoisotopic (exact) mass is 531 g/mol. The molecule has 8 heteroatoms. The molecule has 30 heavy (non-hydrogen) atoms. The predicted octanol–water partition coefficient (Wildman–Crippen LogP) is 4.08. The molecule has 0 radical (unpaired) electrons. The smallest absolute Gasteiger partial charge is 0.203 e. The van der Waals surface area contributed by atoms with Crippen LogP contribution < -0.4 is 24.8 Å². The SMILES string of the molecule is CCNC(=NCc1ccc(C)c(F)c1)NCCc1ccc(OC)c(OC)c1OC.I. The Morgan fingerprint density at radius 1 is 1.00 bits per heavy atom. The minimum atomic E-state index is -0.212. The van der Waals surface area contributed by atoms with Gasteiger partial charge in [-0.2, -0.15) is 0 Å². The fourth-order valence-electron chi connectivity index (χ4n) is 2.92. The highest BCUT2D eigenvalue weighted by molar-refractivity contribution is 14.0. The van der Waals surface area contributed by atoms with E-state index in [2.05, 4.69) is 15.6 Å². The van der Waals surface area contributed by atoms with Crippen LogP contribution in [0.5, 0.6) is 17.2 Å². The van der Waals surface area contributed by atoms with E-state index >= 15 is 0 Å². The van der Waals surface area contributed by atoms with Crippen molar-refractivity contribution in [2.24, 2.45) is 4.99 Å². The third kappa shape index (κ3) is 6.93. The highest BCUT2D eigenvalue weighted by Gasteiger charge is 2.15. The van der Waals surface area contributed by atoms with Crippen LogP contribution in [-0.2, 0) is 13.0 Å². The molecule has 2 aromatic rings. The molecule has 0 aliphatic carbocycles. The number of aryl methyl sites for hydroxylation is 1. The molecule has 0 saturated carbocycles. The number of ether oxygens (including phenoxy) is 3. The molecule has 6 nitrogen and oxygen atoms in total. The van der Waals surface area contributed by atoms with Gasteiger partial charge in [0.25, 0.3) is 0 Å². The summed E-state index contributed by atoms with van der Waals surface area (Å²) >= 11 is 0. The third-order valence-electron chi connectivity index (χ3n) is 4.47. The van der Waals surface area contributed by atoms with Gasteiger partial charge >= 0.3 is 0 Å². The van der Waals surface area contributed by atoms with Gasteiger partial charge in [-0.15, -0.1) is 24.0 Å². The Labute approximate surface area is 195 Å². The van der Waals surface area contributed by atoms with Crippen molar-refractivity contribution in [1.82, 2.24) is 10.6 Å². The largest absolute Gasteiger partial charge is 0.493 e. The Bertz CT molecular complexity index is 847. The van der Waals surface area contributed by atoms with Crippen molar-refractivity contribution in [1.29, 1.82) is 0 Å². The van der Waals surface area contributed by atoms with Crippen molar-refractivity contribution < 1.29 is 18.6 Å². The lowest BCUT2D eigenvalue weighted by Crippen LogP contribution is -2.38. The van der Waals surface area contributed by atoms with E-state index in [1.54, 1.807) is 34.3 Å². The summed E-state index contributed by atoms with van der Waals surface area (Å²) in [4.78, 5) is 4.54. The van der Waals surface area contributed by atoms with E-state index in [1.165, 1.54) is 6.07 Å². The summed E-state index contributed by atoms with van der Waals surface area (Å²) in [6, 6.07) is 9.00. The Morgan fingerprint density at radius 2 is 1.73 bits per heavy atom. The summed E-state index contributed by atoms with van der Waals surface area (Å²) in [5.74, 6) is 2.32. The second kappa shape index (κ2) is 13.1. The minimum Gasteiger partial charge on any atom is -0.493 e. The van der Waals surface area contributed by atoms with Crippen LogP contribution in [0.1, 0.15) is 23.6 Å². The fraction of sp³-hybridized carbons (Fsp3) is 0.409. The summed E-state index contributed by atoms with van der Waals surface area (Å²) in [6.45, 7) is 5.51. The average molecular weight is 531 g/mol. The molecule has 0 atom stereocenters. The third-order valence-corrected chi connectivity index (χ3v) is 4.47. The lowest BCUT2D eigenvalue weighted by Gasteiger charge is -2.16. The molecular formula is C22H31FIN3O3. The van der Waals surface area contributed by atoms with E-state index in [4.69, 9.17) is 14.2 Å². The van der Waals surface area contributed by atoms with E-state index in [0.717, 1.165) is 17.7 Å². The van der Waals surface area contributed by atoms with Gasteiger partial charge in [-0.05, 0) is 43.5 Å². The van der Waals surface area contributed by atoms with E-state index in [0.29, 0.717) is 48.3 Å². The van der Waals surface area contributed by atoms with Crippen molar-refractivity contribution in [2.75, 3.05) is 34.4 Å². The van der Waals surface area contributed by atoms with Crippen molar-refractivity contribution in [3.8, 4) is 17.2 Å². The zero-order valence-corrected chi connectivity index (χ0v) is 20.5. The Hall–Kier alpha value is -2.23. The van der Waals surface area contributed by atoms with Crippen LogP contribution in [0.15, 0.2) is 35.3 Å². The number of nitrogens with zero attached hydrogens (tertiary/aromatic N) is 1. The number of guanidine groups is 1. The molecule has 0 heterocycles. The van der Waals surface area contributed by atoms with Crippen molar-refractivity contribution in [3.63, 3.8) is 0 Å². The number of hydrogen-bond donors (Lipinski definition) is 2. The first-order valence-corrected chi connectivity index (χ1v) is 9.59. The van der Waals surface area contributed by atoms with Crippen LogP contribution in [0.2, 0.25) is 0 Å². The molecule has 2 N–H and O–H groups in total. The maximum atomic E-state index is 13.7. The molecule has 2 rings (SSSR count). The average Bonchev–Trinajstić information content (AvgIpc) is 2.73. The molecule has 0 bridgehead atoms. The first-order chi connectivity index (χ1) is 14.0. The number of methoxy groups -OCH3 is 3. The summed E-state index contributed by atoms with van der Waals surface area (Å²) in [5, 5.41) is 6.50. The summed E-state index contributed by atoms with van der Waals surface area (Å²) in [5.41, 5.74) is 2.45. The molecule has 166 valence electrons. The van der Waals surface area contributed by atoms with Crippen LogP contribution >= 0.6 is 24.0 Å². The van der Waals surface area contributed by atoms with Gasteiger partial charge in [0, 0.05) is 18.7 Å². The van der Waals surface area contributed by atoms with Gasteiger partial charge in [-0.25, -0.2) is 9.38 Å². The number of benzene rings is 2. The summed E-state index contributed by atoms with van der Waals surface area (Å²) in [7, 11) is 4.80. The summed E-state index contributed by atoms with van der Waals surface area (Å²) in [6.07, 6.45) is 0.701. The number of nitrogens with one attached hydrogen (secondary N) is 2. The number of hydrogen-bond acceptors (Lipinski definition) is 4. The van der Waals surface area contributed by atoms with E-state index in [9.17, 15) is 4.39 Å². The van der Waals surface area contributed by atoms with Gasteiger partial charge in [0.1, 0.15) is 5.82 Å². The van der Waals surface area contributed by atoms with Crippen LogP contribution in [-0.4, -0.2) is 40.4 Å². The highest BCUT2D eigenvalue weighted by atomic mass is 127. The second-order valence-corrected chi connectivity index (χ2v) is 6.45. The molecule has 0 fully saturated rings. The van der Waals surface area contributed by atoms with Crippen molar-refractivity contribution in [2.45, 2.75) is 26.8 Å². The lowest BCUT2D eigenvalue weighted by atomic mass is 10.1. The molecule has 0 saturated heterocycles. The Kier molecular flexibility index (Phi) is 11.3. The maximum Gasteiger partial charge on any atom is 0.203 e. The van der Waals surface area contributed by atoms with Crippen LogP contribution in [0.4, 0.5) is 4.39 Å². The molecular weight excluding hydrogens is 500 g/mol. The van der Waals surface area contributed by atoms with Gasteiger partial charge in [-0.3, -0.25) is 0 Å². The van der Waals surface area contributed by atoms with Gasteiger partial charge in [0.2, 0.25) is 5.75 Å². The normalized spacial score (nSPS) is 10.8. The highest BCUT2D eigenvalue weighted by Crippen LogP contribution is 2.39. The van der Waals surface area contributed by atoms with Crippen molar-refractivity contribution in [3.05, 3.63) is 52.8 Å². The van der Waals surface area contributed by atoms with Gasteiger partial charge in [0.05, 0.1) is 27.9 Å². The molecule has 0 aliphatic heterocycles. The lowest BCUT2D eigenvalue weighted by molar-refractivity contribution is 0.322. The van der Waals surface area contributed by atoms with E-state index in [1.807, 2.05) is 25.1 Å². The molecule has 0 spiro atoms. The number of halogens is 2. The fourth-order valence-corrected chi connectivity index (χ4v) is 2.92. The van der Waals surface area contributed by atoms with Crippen molar-refractivity contribution >= 4 is 29.9 Å². The number of rotatable bonds is 9. The van der Waals surface area contributed by atoms with Crippen LogP contribution in [0.25, 0.3) is 0 Å². The maximum absolute atomic E-state index is 13.7. The quantitative estimate of drug-likeness (QED) is 0.290. The topological polar surface area (TPSA) is 64.1 Å². The molecule has 0 aliphatic rings.